The number of rotatable bonds is 4. The molecule has 1 aromatic heterocycles. The maximum Gasteiger partial charge on any atom is 0.129 e. The first-order chi connectivity index (χ1) is 6.38. The van der Waals surface area contributed by atoms with Crippen LogP contribution in [0.2, 0.25) is 0 Å². The molecule has 0 spiro atoms. The predicted molar refractivity (Wildman–Crippen MR) is 52.6 cm³/mol. The van der Waals surface area contributed by atoms with Crippen molar-refractivity contribution in [2.75, 3.05) is 11.9 Å². The molecule has 70 valence electrons. The molecule has 1 aromatic rings. The van der Waals surface area contributed by atoms with Crippen molar-refractivity contribution >= 4 is 5.82 Å². The van der Waals surface area contributed by atoms with Gasteiger partial charge in [0.1, 0.15) is 12.1 Å². The number of nitrogens with one attached hydrogen (secondary N) is 1. The van der Waals surface area contributed by atoms with E-state index in [4.69, 9.17) is 0 Å². The van der Waals surface area contributed by atoms with Gasteiger partial charge < -0.3 is 5.32 Å². The van der Waals surface area contributed by atoms with Crippen LogP contribution >= 0.6 is 0 Å². The largest absolute Gasteiger partial charge is 0.370 e. The summed E-state index contributed by atoms with van der Waals surface area (Å²) in [5.41, 5.74) is 1.10. The monoisotopic (exact) mass is 177 g/mol. The first-order valence-corrected chi connectivity index (χ1v) is 4.93. The van der Waals surface area contributed by atoms with Gasteiger partial charge in [-0.2, -0.15) is 0 Å². The van der Waals surface area contributed by atoms with E-state index < -0.39 is 0 Å². The Hall–Kier alpha value is -1.12. The fraction of sp³-hybridized carbons (Fsp3) is 0.600. The molecule has 1 N–H and O–H groups in total. The Kier molecular flexibility index (Phi) is 2.43. The first-order valence-electron chi connectivity index (χ1n) is 4.93. The van der Waals surface area contributed by atoms with Crippen LogP contribution in [0.5, 0.6) is 0 Å². The second-order valence-electron chi connectivity index (χ2n) is 3.57. The van der Waals surface area contributed by atoms with E-state index in [0.717, 1.165) is 30.4 Å². The van der Waals surface area contributed by atoms with Crippen molar-refractivity contribution in [1.82, 2.24) is 9.97 Å². The van der Waals surface area contributed by atoms with Gasteiger partial charge in [-0.05, 0) is 25.2 Å². The third-order valence-corrected chi connectivity index (χ3v) is 2.35. The molecule has 1 aliphatic rings. The van der Waals surface area contributed by atoms with Crippen molar-refractivity contribution in [2.45, 2.75) is 26.2 Å². The highest BCUT2D eigenvalue weighted by Gasteiger charge is 2.20. The van der Waals surface area contributed by atoms with Gasteiger partial charge in [0.25, 0.3) is 0 Å². The SMILES string of the molecule is CCc1cc(NCC2CC2)ncn1. The van der Waals surface area contributed by atoms with Crippen LogP contribution in [0, 0.1) is 5.92 Å². The van der Waals surface area contributed by atoms with Crippen molar-refractivity contribution in [2.24, 2.45) is 5.92 Å². The van der Waals surface area contributed by atoms with E-state index in [1.54, 1.807) is 6.33 Å². The summed E-state index contributed by atoms with van der Waals surface area (Å²) < 4.78 is 0. The lowest BCUT2D eigenvalue weighted by atomic mass is 10.3. The zero-order valence-corrected chi connectivity index (χ0v) is 7.95. The molecule has 0 aromatic carbocycles. The predicted octanol–water partition coefficient (Wildman–Crippen LogP) is 1.86. The second kappa shape index (κ2) is 3.73. The summed E-state index contributed by atoms with van der Waals surface area (Å²) in [6.07, 6.45) is 5.35. The zero-order valence-electron chi connectivity index (χ0n) is 7.95. The summed E-state index contributed by atoms with van der Waals surface area (Å²) in [5, 5.41) is 3.33. The summed E-state index contributed by atoms with van der Waals surface area (Å²) in [4.78, 5) is 8.31. The Morgan fingerprint density at radius 2 is 2.31 bits per heavy atom. The van der Waals surface area contributed by atoms with Gasteiger partial charge in [0.15, 0.2) is 0 Å². The van der Waals surface area contributed by atoms with Gasteiger partial charge in [-0.15, -0.1) is 0 Å². The maximum atomic E-state index is 4.16. The lowest BCUT2D eigenvalue weighted by Crippen LogP contribution is -2.05. The van der Waals surface area contributed by atoms with Crippen LogP contribution in [-0.2, 0) is 6.42 Å². The fourth-order valence-corrected chi connectivity index (χ4v) is 1.26. The molecule has 1 saturated carbocycles. The number of nitrogens with zero attached hydrogens (tertiary/aromatic N) is 2. The number of hydrogen-bond acceptors (Lipinski definition) is 3. The van der Waals surface area contributed by atoms with E-state index >= 15 is 0 Å². The molecule has 13 heavy (non-hydrogen) atoms. The highest BCUT2D eigenvalue weighted by Crippen LogP contribution is 2.28. The Labute approximate surface area is 78.6 Å². The van der Waals surface area contributed by atoms with E-state index in [9.17, 15) is 0 Å². The summed E-state index contributed by atoms with van der Waals surface area (Å²) in [6, 6.07) is 2.03. The third kappa shape index (κ3) is 2.41. The zero-order chi connectivity index (χ0) is 9.10. The quantitative estimate of drug-likeness (QED) is 0.762. The van der Waals surface area contributed by atoms with E-state index in [0.29, 0.717) is 0 Å². The highest BCUT2D eigenvalue weighted by atomic mass is 15.0. The standard InChI is InChI=1S/C10H15N3/c1-2-9-5-10(13-7-12-9)11-6-8-3-4-8/h5,7-8H,2-4,6H2,1H3,(H,11,12,13). The lowest BCUT2D eigenvalue weighted by Gasteiger charge is -2.04. The molecule has 0 unspecified atom stereocenters. The molecule has 0 amide bonds. The molecule has 1 heterocycles. The molecule has 1 fully saturated rings. The van der Waals surface area contributed by atoms with Crippen LogP contribution in [0.4, 0.5) is 5.82 Å². The van der Waals surface area contributed by atoms with Crippen molar-refractivity contribution in [3.63, 3.8) is 0 Å². The second-order valence-corrected chi connectivity index (χ2v) is 3.57. The first kappa shape index (κ1) is 8.48. The van der Waals surface area contributed by atoms with Crippen LogP contribution in [0.25, 0.3) is 0 Å². The van der Waals surface area contributed by atoms with Crippen molar-refractivity contribution in [3.05, 3.63) is 18.1 Å². The molecule has 0 radical (unpaired) electrons. The Morgan fingerprint density at radius 1 is 1.46 bits per heavy atom. The molecule has 2 rings (SSSR count). The summed E-state index contributed by atoms with van der Waals surface area (Å²) >= 11 is 0. The van der Waals surface area contributed by atoms with Crippen LogP contribution in [-0.4, -0.2) is 16.5 Å². The normalized spacial score (nSPS) is 15.8. The van der Waals surface area contributed by atoms with Crippen LogP contribution in [0.1, 0.15) is 25.5 Å². The van der Waals surface area contributed by atoms with Crippen molar-refractivity contribution in [3.8, 4) is 0 Å². The van der Waals surface area contributed by atoms with Gasteiger partial charge in [-0.3, -0.25) is 0 Å². The number of hydrogen-bond donors (Lipinski definition) is 1. The summed E-state index contributed by atoms with van der Waals surface area (Å²) in [7, 11) is 0. The molecule has 0 atom stereocenters. The minimum atomic E-state index is 0.889. The molecular weight excluding hydrogens is 162 g/mol. The average molecular weight is 177 g/mol. The average Bonchev–Trinajstić information content (AvgIpc) is 2.99. The number of aromatic nitrogens is 2. The Balaban J connectivity index is 1.93. The number of aryl methyl sites for hydroxylation is 1. The molecule has 0 aliphatic heterocycles. The van der Waals surface area contributed by atoms with E-state index in [1.807, 2.05) is 6.07 Å². The molecular formula is C10H15N3. The maximum absolute atomic E-state index is 4.16. The molecule has 0 bridgehead atoms. The lowest BCUT2D eigenvalue weighted by molar-refractivity contribution is 0.877. The van der Waals surface area contributed by atoms with Crippen molar-refractivity contribution < 1.29 is 0 Å². The topological polar surface area (TPSA) is 37.8 Å². The third-order valence-electron chi connectivity index (χ3n) is 2.35. The minimum Gasteiger partial charge on any atom is -0.370 e. The van der Waals surface area contributed by atoms with Gasteiger partial charge in [0.2, 0.25) is 0 Å². The summed E-state index contributed by atoms with van der Waals surface area (Å²) in [6.45, 7) is 3.17. The molecule has 3 nitrogen and oxygen atoms in total. The molecule has 3 heteroatoms. The Bertz CT molecular complexity index is 281. The smallest absolute Gasteiger partial charge is 0.129 e. The van der Waals surface area contributed by atoms with E-state index in [2.05, 4.69) is 22.2 Å². The Morgan fingerprint density at radius 3 is 3.00 bits per heavy atom. The van der Waals surface area contributed by atoms with Gasteiger partial charge in [-0.1, -0.05) is 6.92 Å². The summed E-state index contributed by atoms with van der Waals surface area (Å²) in [5.74, 6) is 1.86. The highest BCUT2D eigenvalue weighted by molar-refractivity contribution is 5.34. The van der Waals surface area contributed by atoms with Crippen molar-refractivity contribution in [1.29, 1.82) is 0 Å². The number of anilines is 1. The molecule has 1 aliphatic carbocycles. The minimum absolute atomic E-state index is 0.889. The fourth-order valence-electron chi connectivity index (χ4n) is 1.26. The van der Waals surface area contributed by atoms with Gasteiger partial charge >= 0.3 is 0 Å². The van der Waals surface area contributed by atoms with E-state index in [1.165, 1.54) is 12.8 Å². The van der Waals surface area contributed by atoms with Gasteiger partial charge in [0, 0.05) is 18.3 Å². The van der Waals surface area contributed by atoms with E-state index in [-0.39, 0.29) is 0 Å². The van der Waals surface area contributed by atoms with Crippen LogP contribution in [0.3, 0.4) is 0 Å². The van der Waals surface area contributed by atoms with Gasteiger partial charge in [0.05, 0.1) is 0 Å². The molecule has 0 saturated heterocycles. The van der Waals surface area contributed by atoms with Crippen LogP contribution < -0.4 is 5.32 Å². The van der Waals surface area contributed by atoms with Gasteiger partial charge in [-0.25, -0.2) is 9.97 Å². The van der Waals surface area contributed by atoms with Crippen LogP contribution in [0.15, 0.2) is 12.4 Å².